The minimum atomic E-state index is -0.594. The van der Waals surface area contributed by atoms with Gasteiger partial charge in [-0.15, -0.1) is 0 Å². The van der Waals surface area contributed by atoms with E-state index in [0.717, 1.165) is 0 Å². The van der Waals surface area contributed by atoms with E-state index in [1.807, 2.05) is 0 Å². The first-order valence-corrected chi connectivity index (χ1v) is 5.34. The number of nitrogens with zero attached hydrogens (tertiary/aromatic N) is 2. The molecule has 0 spiro atoms. The molecule has 0 aliphatic rings. The molecule has 0 rings (SSSR count). The third-order valence-electron chi connectivity index (χ3n) is 2.44. The van der Waals surface area contributed by atoms with E-state index in [1.54, 1.807) is 20.9 Å². The monoisotopic (exact) mass is 231 g/mol. The highest BCUT2D eigenvalue weighted by molar-refractivity contribution is 6.01. The van der Waals surface area contributed by atoms with Crippen LogP contribution in [0, 0.1) is 5.92 Å². The van der Waals surface area contributed by atoms with Crippen molar-refractivity contribution < 1.29 is 15.1 Å². The molecule has 2 atom stereocenters. The lowest BCUT2D eigenvalue weighted by Crippen LogP contribution is -2.40. The molecule has 0 saturated heterocycles. The maximum absolute atomic E-state index is 11.9. The Morgan fingerprint density at radius 3 is 2.50 bits per heavy atom. The van der Waals surface area contributed by atoms with Crippen molar-refractivity contribution in [2.45, 2.75) is 32.8 Å². The largest absolute Gasteiger partial charge is 0.409 e. The molecule has 94 valence electrons. The van der Waals surface area contributed by atoms with Crippen molar-refractivity contribution in [1.82, 2.24) is 4.90 Å². The molecule has 2 unspecified atom stereocenters. The maximum Gasteiger partial charge on any atom is 0.233 e. The van der Waals surface area contributed by atoms with Crippen LogP contribution in [-0.2, 0) is 4.79 Å². The lowest BCUT2D eigenvalue weighted by molar-refractivity contribution is -0.132. The Morgan fingerprint density at radius 2 is 2.12 bits per heavy atom. The fraction of sp³-hybridized carbons (Fsp3) is 0.800. The topological polar surface area (TPSA) is 99.2 Å². The molecule has 0 aromatic rings. The van der Waals surface area contributed by atoms with Gasteiger partial charge in [0.1, 0.15) is 0 Å². The molecule has 0 heterocycles. The van der Waals surface area contributed by atoms with Crippen molar-refractivity contribution in [3.63, 3.8) is 0 Å². The van der Waals surface area contributed by atoms with Crippen molar-refractivity contribution >= 4 is 11.7 Å². The summed E-state index contributed by atoms with van der Waals surface area (Å²) in [6, 6.07) is 0. The summed E-state index contributed by atoms with van der Waals surface area (Å²) >= 11 is 0. The van der Waals surface area contributed by atoms with E-state index in [0.29, 0.717) is 19.4 Å². The molecule has 6 nitrogen and oxygen atoms in total. The first-order chi connectivity index (χ1) is 7.43. The molecule has 0 aliphatic heterocycles. The van der Waals surface area contributed by atoms with E-state index in [-0.39, 0.29) is 11.7 Å². The van der Waals surface area contributed by atoms with Gasteiger partial charge in [0.2, 0.25) is 5.91 Å². The summed E-state index contributed by atoms with van der Waals surface area (Å²) in [5, 5.41) is 20.5. The van der Waals surface area contributed by atoms with Gasteiger partial charge in [-0.25, -0.2) is 0 Å². The molecule has 0 aliphatic carbocycles. The normalized spacial score (nSPS) is 15.6. The standard InChI is InChI=1S/C10H21N3O3/c1-4-8(9(11)12-16)10(15)13(3)6-5-7(2)14/h7-8,14,16H,4-6H2,1-3H3,(H2,11,12). The van der Waals surface area contributed by atoms with Gasteiger partial charge in [-0.3, -0.25) is 4.79 Å². The highest BCUT2D eigenvalue weighted by atomic mass is 16.4. The Bertz CT molecular complexity index is 254. The van der Waals surface area contributed by atoms with E-state index in [4.69, 9.17) is 16.0 Å². The van der Waals surface area contributed by atoms with Crippen LogP contribution in [0.15, 0.2) is 5.16 Å². The highest BCUT2D eigenvalue weighted by Crippen LogP contribution is 2.08. The number of amidine groups is 1. The second-order valence-corrected chi connectivity index (χ2v) is 3.88. The van der Waals surface area contributed by atoms with Gasteiger partial charge in [0.25, 0.3) is 0 Å². The van der Waals surface area contributed by atoms with Crippen LogP contribution < -0.4 is 5.73 Å². The third kappa shape index (κ3) is 4.48. The van der Waals surface area contributed by atoms with Gasteiger partial charge in [-0.2, -0.15) is 0 Å². The number of carbonyl (C=O) groups excluding carboxylic acids is 1. The SMILES string of the molecule is CCC(C(=O)N(C)CCC(C)O)C(N)=NO. The van der Waals surface area contributed by atoms with E-state index in [2.05, 4.69) is 5.16 Å². The fourth-order valence-electron chi connectivity index (χ4n) is 1.34. The highest BCUT2D eigenvalue weighted by Gasteiger charge is 2.24. The average molecular weight is 231 g/mol. The predicted octanol–water partition coefficient (Wildman–Crippen LogP) is -0.0117. The van der Waals surface area contributed by atoms with Crippen LogP contribution in [0.2, 0.25) is 0 Å². The van der Waals surface area contributed by atoms with Crippen molar-refractivity contribution in [1.29, 1.82) is 0 Å². The zero-order chi connectivity index (χ0) is 12.7. The van der Waals surface area contributed by atoms with Gasteiger partial charge in [0.05, 0.1) is 12.0 Å². The summed E-state index contributed by atoms with van der Waals surface area (Å²) in [5.41, 5.74) is 5.43. The van der Waals surface area contributed by atoms with Crippen LogP contribution in [0.5, 0.6) is 0 Å². The number of rotatable bonds is 6. The third-order valence-corrected chi connectivity index (χ3v) is 2.44. The molecule has 0 saturated carbocycles. The molecule has 0 aromatic carbocycles. The molecule has 0 radical (unpaired) electrons. The van der Waals surface area contributed by atoms with E-state index in [1.165, 1.54) is 4.90 Å². The van der Waals surface area contributed by atoms with Gasteiger partial charge in [-0.1, -0.05) is 12.1 Å². The predicted molar refractivity (Wildman–Crippen MR) is 61.1 cm³/mol. The molecule has 6 heteroatoms. The Kier molecular flexibility index (Phi) is 6.48. The van der Waals surface area contributed by atoms with Gasteiger partial charge in [-0.05, 0) is 19.8 Å². The number of nitrogens with two attached hydrogens (primary N) is 1. The molecule has 0 bridgehead atoms. The Labute approximate surface area is 95.7 Å². The number of oxime groups is 1. The summed E-state index contributed by atoms with van der Waals surface area (Å²) in [4.78, 5) is 13.3. The summed E-state index contributed by atoms with van der Waals surface area (Å²) in [6.07, 6.45) is 0.543. The Balaban J connectivity index is 4.39. The van der Waals surface area contributed by atoms with Crippen LogP contribution in [0.1, 0.15) is 26.7 Å². The number of amides is 1. The quantitative estimate of drug-likeness (QED) is 0.259. The zero-order valence-corrected chi connectivity index (χ0v) is 10.1. The van der Waals surface area contributed by atoms with Crippen LogP contribution in [0.25, 0.3) is 0 Å². The van der Waals surface area contributed by atoms with Gasteiger partial charge in [0, 0.05) is 13.6 Å². The Morgan fingerprint density at radius 1 is 1.56 bits per heavy atom. The number of carbonyl (C=O) groups is 1. The molecule has 1 amide bonds. The molecule has 0 aromatic heterocycles. The van der Waals surface area contributed by atoms with E-state index >= 15 is 0 Å². The van der Waals surface area contributed by atoms with Crippen LogP contribution in [0.3, 0.4) is 0 Å². The smallest absolute Gasteiger partial charge is 0.233 e. The van der Waals surface area contributed by atoms with E-state index < -0.39 is 12.0 Å². The number of hydrogen-bond acceptors (Lipinski definition) is 4. The van der Waals surface area contributed by atoms with Crippen LogP contribution in [-0.4, -0.2) is 46.7 Å². The maximum atomic E-state index is 11.9. The first kappa shape index (κ1) is 14.7. The number of aliphatic hydroxyl groups excluding tert-OH is 1. The number of hydrogen-bond donors (Lipinski definition) is 3. The van der Waals surface area contributed by atoms with Crippen molar-refractivity contribution in [3.8, 4) is 0 Å². The molecule has 16 heavy (non-hydrogen) atoms. The number of aliphatic hydroxyl groups is 1. The van der Waals surface area contributed by atoms with Crippen LogP contribution >= 0.6 is 0 Å². The summed E-state index contributed by atoms with van der Waals surface area (Å²) in [7, 11) is 1.64. The van der Waals surface area contributed by atoms with Crippen molar-refractivity contribution in [2.24, 2.45) is 16.8 Å². The molecule has 4 N–H and O–H groups in total. The second-order valence-electron chi connectivity index (χ2n) is 3.88. The van der Waals surface area contributed by atoms with Crippen molar-refractivity contribution in [3.05, 3.63) is 0 Å². The zero-order valence-electron chi connectivity index (χ0n) is 10.1. The Hall–Kier alpha value is -1.30. The average Bonchev–Trinajstić information content (AvgIpc) is 2.26. The minimum absolute atomic E-state index is 0.0728. The van der Waals surface area contributed by atoms with E-state index in [9.17, 15) is 4.79 Å². The van der Waals surface area contributed by atoms with Crippen LogP contribution in [0.4, 0.5) is 0 Å². The van der Waals surface area contributed by atoms with Gasteiger partial charge in [0.15, 0.2) is 5.84 Å². The lowest BCUT2D eigenvalue weighted by atomic mass is 10.0. The lowest BCUT2D eigenvalue weighted by Gasteiger charge is -2.22. The summed E-state index contributed by atoms with van der Waals surface area (Å²) in [5.74, 6) is -0.862. The van der Waals surface area contributed by atoms with Gasteiger partial charge < -0.3 is 20.9 Å². The second kappa shape index (κ2) is 7.05. The van der Waals surface area contributed by atoms with Gasteiger partial charge >= 0.3 is 0 Å². The summed E-state index contributed by atoms with van der Waals surface area (Å²) in [6.45, 7) is 3.91. The molecular formula is C10H21N3O3. The molecular weight excluding hydrogens is 210 g/mol. The van der Waals surface area contributed by atoms with Crippen molar-refractivity contribution in [2.75, 3.05) is 13.6 Å². The molecule has 0 fully saturated rings. The minimum Gasteiger partial charge on any atom is -0.409 e. The first-order valence-electron chi connectivity index (χ1n) is 5.34. The summed E-state index contributed by atoms with van der Waals surface area (Å²) < 4.78 is 0. The fourth-order valence-corrected chi connectivity index (χ4v) is 1.34.